The number of aromatic amines is 2. The van der Waals surface area contributed by atoms with Gasteiger partial charge >= 0.3 is 6.01 Å². The van der Waals surface area contributed by atoms with Gasteiger partial charge in [-0.3, -0.25) is 24.2 Å². The Labute approximate surface area is 493 Å². The minimum atomic E-state index is -1.16. The van der Waals surface area contributed by atoms with Crippen LogP contribution in [0.1, 0.15) is 98.8 Å². The molecule has 4 fully saturated rings. The molecule has 3 aliphatic heterocycles. The number of fused-ring (bicyclic) bond motifs is 5. The number of benzene rings is 4. The lowest BCUT2D eigenvalue weighted by Gasteiger charge is -2.30. The van der Waals surface area contributed by atoms with Gasteiger partial charge in [-0.05, 0) is 97.0 Å². The molecule has 0 radical (unpaired) electrons. The fourth-order valence-corrected chi connectivity index (χ4v) is 13.4. The molecule has 6 N–H and O–H groups in total. The number of β-amino-alcohol motifs (C(OH)–C–C–N with tert-alkyl or cyclic N) is 2. The molecule has 22 heteroatoms. The number of rotatable bonds is 16. The van der Waals surface area contributed by atoms with E-state index in [-0.39, 0.29) is 68.8 Å². The predicted molar refractivity (Wildman–Crippen MR) is 322 cm³/mol. The fraction of sp³-hybridized carbons (Fsp3) is 0.429. The van der Waals surface area contributed by atoms with Crippen molar-refractivity contribution < 1.29 is 43.9 Å². The molecule has 3 saturated heterocycles. The molecular weight excluding hydrogens is 1100 g/mol. The van der Waals surface area contributed by atoms with Crippen molar-refractivity contribution in [2.45, 2.75) is 115 Å². The average molecular weight is 1170 g/mol. The van der Waals surface area contributed by atoms with Crippen LogP contribution in [0, 0.1) is 19.8 Å². The van der Waals surface area contributed by atoms with Gasteiger partial charge in [-0.15, -0.1) is 11.3 Å². The number of carbonyl (C=O) groups excluding carboxylic acids is 2. The Hall–Kier alpha value is -7.86. The highest BCUT2D eigenvalue weighted by molar-refractivity contribution is 7.13. The summed E-state index contributed by atoms with van der Waals surface area (Å²) in [5, 5.41) is 51.3. The number of hydrogen-bond acceptors (Lipinski definition) is 17. The average Bonchev–Trinajstić information content (AvgIpc) is 2.79. The molecule has 5 aromatic heterocycles. The summed E-state index contributed by atoms with van der Waals surface area (Å²) in [6.45, 7) is 11.5. The quantitative estimate of drug-likeness (QED) is 0.0541. The number of H-pyrrole nitrogens is 2. The van der Waals surface area contributed by atoms with Crippen LogP contribution in [0.2, 0.25) is 0 Å². The van der Waals surface area contributed by atoms with E-state index in [9.17, 15) is 29.7 Å². The molecule has 2 amide bonds. The zero-order chi connectivity index (χ0) is 58.8. The molecule has 8 heterocycles. The highest BCUT2D eigenvalue weighted by Crippen LogP contribution is 2.53. The molecule has 442 valence electrons. The molecule has 85 heavy (non-hydrogen) atoms. The molecule has 21 nitrogen and oxygen atoms in total. The molecule has 9 aromatic rings. The molecule has 13 rings (SSSR count). The second kappa shape index (κ2) is 22.9. The van der Waals surface area contributed by atoms with Gasteiger partial charge in [0.05, 0.1) is 79.5 Å². The zero-order valence-corrected chi connectivity index (χ0v) is 48.9. The molecule has 1 aliphatic carbocycles. The number of amides is 2. The third kappa shape index (κ3) is 11.0. The number of anilines is 1. The minimum Gasteiger partial charge on any atom is -0.486 e. The van der Waals surface area contributed by atoms with Crippen molar-refractivity contribution >= 4 is 72.6 Å². The van der Waals surface area contributed by atoms with Gasteiger partial charge in [-0.25, -0.2) is 4.98 Å². The Kier molecular flexibility index (Phi) is 15.1. The van der Waals surface area contributed by atoms with E-state index in [4.69, 9.17) is 34.0 Å². The first-order valence-electron chi connectivity index (χ1n) is 29.3. The summed E-state index contributed by atoms with van der Waals surface area (Å²) in [4.78, 5) is 65.5. The molecule has 4 aliphatic rings. The van der Waals surface area contributed by atoms with Crippen molar-refractivity contribution in [3.8, 4) is 33.3 Å². The van der Waals surface area contributed by atoms with Crippen LogP contribution in [-0.2, 0) is 25.7 Å². The molecule has 0 bridgehead atoms. The van der Waals surface area contributed by atoms with Gasteiger partial charge in [0.2, 0.25) is 11.8 Å². The van der Waals surface area contributed by atoms with Crippen LogP contribution in [0.5, 0.6) is 11.8 Å². The van der Waals surface area contributed by atoms with Gasteiger partial charge in [0.1, 0.15) is 41.7 Å². The Bertz CT molecular complexity index is 4070. The summed E-state index contributed by atoms with van der Waals surface area (Å²) in [7, 11) is 0. The Balaban J connectivity index is 0.838. The summed E-state index contributed by atoms with van der Waals surface area (Å²) in [6, 6.07) is 17.1. The van der Waals surface area contributed by atoms with Crippen LogP contribution in [0.15, 0.2) is 83.4 Å². The summed E-state index contributed by atoms with van der Waals surface area (Å²) >= 11 is 1.53. The van der Waals surface area contributed by atoms with Gasteiger partial charge in [0.25, 0.3) is 5.56 Å². The summed E-state index contributed by atoms with van der Waals surface area (Å²) < 4.78 is 27.0. The Morgan fingerprint density at radius 2 is 1.74 bits per heavy atom. The highest BCUT2D eigenvalue weighted by Gasteiger charge is 2.44. The molecular formula is C63H69N11O10S. The van der Waals surface area contributed by atoms with E-state index in [1.54, 1.807) is 18.6 Å². The van der Waals surface area contributed by atoms with Crippen LogP contribution in [0.4, 0.5) is 5.82 Å². The topological polar surface area (TPSA) is 268 Å². The minimum absolute atomic E-state index is 0.00460. The number of nitrogens with zero attached hydrogens (tertiary/aromatic N) is 8. The third-order valence-electron chi connectivity index (χ3n) is 17.0. The molecule has 2 unspecified atom stereocenters. The van der Waals surface area contributed by atoms with Crippen LogP contribution in [-0.4, -0.2) is 148 Å². The number of hydrogen-bond donors (Lipinski definition) is 6. The number of aryl methyl sites for hydroxylation is 2. The van der Waals surface area contributed by atoms with E-state index in [0.717, 1.165) is 73.1 Å². The molecule has 5 atom stereocenters. The summed E-state index contributed by atoms with van der Waals surface area (Å²) in [6.07, 6.45) is 5.74. The second-order valence-electron chi connectivity index (χ2n) is 23.9. The summed E-state index contributed by atoms with van der Waals surface area (Å²) in [5.74, 6) is 0.0775. The molecule has 4 aromatic carbocycles. The first-order chi connectivity index (χ1) is 41.1. The van der Waals surface area contributed by atoms with E-state index in [1.165, 1.54) is 20.9 Å². The third-order valence-corrected chi connectivity index (χ3v) is 18.0. The van der Waals surface area contributed by atoms with Crippen molar-refractivity contribution in [3.63, 3.8) is 0 Å². The maximum absolute atomic E-state index is 14.9. The number of nitrogens with one attached hydrogen (secondary N) is 3. The van der Waals surface area contributed by atoms with Gasteiger partial charge in [-0.2, -0.15) is 20.2 Å². The number of aliphatic hydroxyl groups is 3. The standard InChI is InChI=1S/C63H69N11O10S/c1-33(2)55(61(79)73-26-40(76)23-50(73)59(77)67-49(28-75)38-10-12-39(13-11-38)57-35(4)64-32-85-57)74-27-46-42-14-7-36(22-48(42)66-60(78)54(46)71-74)29-83-56-52(51-34(3)6-15-47-45(51)25-65-70-47)43(37-8-9-37)24-44-53(56)68-62(84-41-16-19-81-20-17-41)69-58(44)72-18-21-82-31-63(5,80)30-72/h6-7,10-15,22,24-25,27,32-33,37,40-41,49-50,55,75-76,80H,8-9,16-21,23,26,28-31H2,1-5H3,(H,65,70)(H,66,78)(H,67,77)/t40-,49+,50+,55?,63?/m1/s1. The van der Waals surface area contributed by atoms with Crippen LogP contribution in [0.25, 0.3) is 65.2 Å². The maximum atomic E-state index is 14.9. The molecule has 1 saturated carbocycles. The number of aromatic nitrogens is 8. The Morgan fingerprint density at radius 3 is 2.49 bits per heavy atom. The van der Waals surface area contributed by atoms with Gasteiger partial charge in [-0.1, -0.05) is 56.3 Å². The number of pyridine rings is 1. The fourth-order valence-electron chi connectivity index (χ4n) is 12.6. The Morgan fingerprint density at radius 1 is 0.929 bits per heavy atom. The van der Waals surface area contributed by atoms with Crippen molar-refractivity contribution in [2.75, 3.05) is 57.6 Å². The van der Waals surface area contributed by atoms with E-state index < -0.39 is 47.2 Å². The first-order valence-corrected chi connectivity index (χ1v) is 30.2. The number of ether oxygens (including phenoxy) is 4. The normalized spacial score (nSPS) is 20.4. The van der Waals surface area contributed by atoms with Crippen molar-refractivity contribution in [1.82, 2.24) is 50.1 Å². The number of thiazole rings is 1. The zero-order valence-electron chi connectivity index (χ0n) is 48.1. The number of aliphatic hydroxyl groups excluding tert-OH is 2. The lowest BCUT2D eigenvalue weighted by atomic mass is 9.89. The maximum Gasteiger partial charge on any atom is 0.319 e. The lowest BCUT2D eigenvalue weighted by Crippen LogP contribution is -2.50. The van der Waals surface area contributed by atoms with E-state index in [0.29, 0.717) is 78.1 Å². The second-order valence-corrected chi connectivity index (χ2v) is 24.7. The van der Waals surface area contributed by atoms with Gasteiger partial charge < -0.3 is 54.4 Å². The monoisotopic (exact) mass is 1170 g/mol. The van der Waals surface area contributed by atoms with E-state index in [1.807, 2.05) is 75.5 Å². The van der Waals surface area contributed by atoms with Crippen molar-refractivity contribution in [3.05, 3.63) is 117 Å². The van der Waals surface area contributed by atoms with Crippen molar-refractivity contribution in [2.24, 2.45) is 5.92 Å². The van der Waals surface area contributed by atoms with Crippen LogP contribution in [0.3, 0.4) is 0 Å². The number of carbonyl (C=O) groups is 2. The SMILES string of the molecule is Cc1ccc2[nH]ncc2c1-c1c(C2CC2)cc2c(N3CCOCC(C)(O)C3)nc(OC3CCOCC3)nc2c1OCc1ccc2c(c1)[nH]c(=O)c1nn(C(C(=O)N3C[C@H](O)C[C@H]3C(=O)N[C@@H](CO)c3ccc(-c4scnc4C)cc3)C(C)C)cc12. The summed E-state index contributed by atoms with van der Waals surface area (Å²) in [5.41, 5.74) is 9.55. The van der Waals surface area contributed by atoms with Gasteiger partial charge in [0.15, 0.2) is 11.3 Å². The molecule has 0 spiro atoms. The van der Waals surface area contributed by atoms with Crippen LogP contribution >= 0.6 is 11.3 Å². The predicted octanol–water partition coefficient (Wildman–Crippen LogP) is 7.72. The van der Waals surface area contributed by atoms with Gasteiger partial charge in [0, 0.05) is 71.2 Å². The first kappa shape index (κ1) is 56.3. The van der Waals surface area contributed by atoms with Crippen molar-refractivity contribution in [1.29, 1.82) is 0 Å². The largest absolute Gasteiger partial charge is 0.486 e. The van der Waals surface area contributed by atoms with E-state index in [2.05, 4.69) is 49.4 Å². The van der Waals surface area contributed by atoms with Crippen LogP contribution < -0.4 is 25.2 Å². The highest BCUT2D eigenvalue weighted by atomic mass is 32.1. The lowest BCUT2D eigenvalue weighted by molar-refractivity contribution is -0.142. The van der Waals surface area contributed by atoms with E-state index >= 15 is 0 Å². The number of likely N-dealkylation sites (tertiary alicyclic amines) is 1. The smallest absolute Gasteiger partial charge is 0.319 e.